The highest BCUT2D eigenvalue weighted by Gasteiger charge is 2.31. The van der Waals surface area contributed by atoms with Crippen molar-refractivity contribution in [3.05, 3.63) is 59.5 Å². The Hall–Kier alpha value is -2.89. The number of aromatic nitrogens is 3. The number of hydrogen-bond acceptors (Lipinski definition) is 3. The van der Waals surface area contributed by atoms with E-state index in [1.807, 2.05) is 23.2 Å². The molecule has 3 aromatic rings. The van der Waals surface area contributed by atoms with Crippen molar-refractivity contribution in [1.82, 2.24) is 24.8 Å². The van der Waals surface area contributed by atoms with Gasteiger partial charge in [0.2, 0.25) is 0 Å². The molecule has 0 unspecified atom stereocenters. The minimum atomic E-state index is -0.000599. The van der Waals surface area contributed by atoms with Crippen LogP contribution in [0.3, 0.4) is 0 Å². The largest absolute Gasteiger partial charge is 0.334 e. The van der Waals surface area contributed by atoms with Crippen LogP contribution in [0.4, 0.5) is 4.79 Å². The van der Waals surface area contributed by atoms with E-state index in [0.717, 1.165) is 48.5 Å². The number of nitrogens with one attached hydrogen (secondary N) is 1. The number of aryl methyl sites for hydroxylation is 2. The van der Waals surface area contributed by atoms with Gasteiger partial charge in [-0.25, -0.2) is 14.8 Å². The molecule has 28 heavy (non-hydrogen) atoms. The van der Waals surface area contributed by atoms with Crippen molar-refractivity contribution in [2.45, 2.75) is 45.7 Å². The molecule has 1 atom stereocenters. The summed E-state index contributed by atoms with van der Waals surface area (Å²) in [5, 5.41) is 3.05. The summed E-state index contributed by atoms with van der Waals surface area (Å²) in [5.41, 5.74) is 4.22. The van der Waals surface area contributed by atoms with Crippen LogP contribution < -0.4 is 5.32 Å². The molecule has 1 saturated heterocycles. The number of benzene rings is 1. The third-order valence-corrected chi connectivity index (χ3v) is 5.39. The fourth-order valence-corrected chi connectivity index (χ4v) is 3.88. The molecule has 0 aliphatic carbocycles. The molecule has 6 heteroatoms. The number of rotatable bonds is 5. The van der Waals surface area contributed by atoms with Gasteiger partial charge in [-0.1, -0.05) is 36.8 Å². The molecule has 2 aromatic heterocycles. The Morgan fingerprint density at radius 1 is 1.25 bits per heavy atom. The average molecular weight is 377 g/mol. The van der Waals surface area contributed by atoms with Crippen LogP contribution in [-0.4, -0.2) is 38.6 Å². The molecule has 0 bridgehead atoms. The summed E-state index contributed by atoms with van der Waals surface area (Å²) < 4.78 is 2.23. The lowest BCUT2D eigenvalue weighted by Crippen LogP contribution is -2.38. The Balaban J connectivity index is 1.43. The predicted molar refractivity (Wildman–Crippen MR) is 110 cm³/mol. The number of amides is 2. The summed E-state index contributed by atoms with van der Waals surface area (Å²) in [7, 11) is 0. The highest BCUT2D eigenvalue weighted by atomic mass is 16.2. The van der Waals surface area contributed by atoms with Gasteiger partial charge in [-0.15, -0.1) is 0 Å². The van der Waals surface area contributed by atoms with E-state index in [9.17, 15) is 4.79 Å². The van der Waals surface area contributed by atoms with Crippen LogP contribution in [0, 0.1) is 6.92 Å². The number of carbonyl (C=O) groups excluding carboxylic acids is 1. The van der Waals surface area contributed by atoms with Crippen LogP contribution in [0.25, 0.3) is 11.2 Å². The molecule has 0 spiro atoms. The second-order valence-corrected chi connectivity index (χ2v) is 7.54. The number of carbonyl (C=O) groups is 1. The number of urea groups is 1. The molecule has 1 aliphatic rings. The summed E-state index contributed by atoms with van der Waals surface area (Å²) in [4.78, 5) is 23.9. The first kappa shape index (κ1) is 18.5. The monoisotopic (exact) mass is 377 g/mol. The minimum Gasteiger partial charge on any atom is -0.334 e. The lowest BCUT2D eigenvalue weighted by atomic mass is 10.1. The zero-order chi connectivity index (χ0) is 19.5. The van der Waals surface area contributed by atoms with Crippen LogP contribution in [0.1, 0.15) is 42.6 Å². The van der Waals surface area contributed by atoms with Gasteiger partial charge in [-0.3, -0.25) is 0 Å². The van der Waals surface area contributed by atoms with Crippen LogP contribution >= 0.6 is 0 Å². The van der Waals surface area contributed by atoms with Crippen molar-refractivity contribution in [1.29, 1.82) is 0 Å². The zero-order valence-corrected chi connectivity index (χ0v) is 16.6. The maximum atomic E-state index is 12.6. The Morgan fingerprint density at radius 2 is 2.07 bits per heavy atom. The van der Waals surface area contributed by atoms with Gasteiger partial charge in [-0.2, -0.15) is 0 Å². The lowest BCUT2D eigenvalue weighted by molar-refractivity contribution is 0.207. The molecule has 3 heterocycles. The molecule has 146 valence electrons. The Labute approximate surface area is 165 Å². The number of hydrogen-bond donors (Lipinski definition) is 1. The summed E-state index contributed by atoms with van der Waals surface area (Å²) in [5.74, 6) is 1.32. The zero-order valence-electron chi connectivity index (χ0n) is 16.6. The number of fused-ring (bicyclic) bond motifs is 1. The molecule has 1 N–H and O–H groups in total. The summed E-state index contributed by atoms with van der Waals surface area (Å²) >= 11 is 0. The molecule has 0 saturated carbocycles. The average Bonchev–Trinajstić information content (AvgIpc) is 3.33. The maximum Gasteiger partial charge on any atom is 0.317 e. The summed E-state index contributed by atoms with van der Waals surface area (Å²) in [6.07, 6.45) is 3.78. The van der Waals surface area contributed by atoms with Crippen molar-refractivity contribution < 1.29 is 4.79 Å². The first-order valence-corrected chi connectivity index (χ1v) is 10.0. The normalized spacial score (nSPS) is 16.6. The second kappa shape index (κ2) is 8.00. The summed E-state index contributed by atoms with van der Waals surface area (Å²) in [6.45, 7) is 7.14. The number of imidazole rings is 1. The van der Waals surface area contributed by atoms with Gasteiger partial charge in [0.25, 0.3) is 0 Å². The highest BCUT2D eigenvalue weighted by molar-refractivity contribution is 5.75. The van der Waals surface area contributed by atoms with Gasteiger partial charge in [0, 0.05) is 38.3 Å². The Morgan fingerprint density at radius 3 is 2.86 bits per heavy atom. The van der Waals surface area contributed by atoms with Gasteiger partial charge in [-0.05, 0) is 37.5 Å². The summed E-state index contributed by atoms with van der Waals surface area (Å²) in [6, 6.07) is 12.2. The molecule has 4 rings (SSSR count). The smallest absolute Gasteiger partial charge is 0.317 e. The standard InChI is InChI=1S/C22H27N5O/c1-3-12-27-20(25-19-5-4-11-23-21(19)27)18-10-13-26(15-18)22(28)24-14-17-8-6-16(2)7-9-17/h4-9,11,18H,3,10,12-15H2,1-2H3,(H,24,28)/t18-/m1/s1. The van der Waals surface area contributed by atoms with E-state index >= 15 is 0 Å². The van der Waals surface area contributed by atoms with E-state index in [2.05, 4.69) is 53.0 Å². The maximum absolute atomic E-state index is 12.6. The number of nitrogens with zero attached hydrogens (tertiary/aromatic N) is 4. The number of pyridine rings is 1. The van der Waals surface area contributed by atoms with Crippen LogP contribution in [-0.2, 0) is 13.1 Å². The fourth-order valence-electron chi connectivity index (χ4n) is 3.88. The van der Waals surface area contributed by atoms with E-state index in [4.69, 9.17) is 4.98 Å². The quantitative estimate of drug-likeness (QED) is 0.735. The van der Waals surface area contributed by atoms with Gasteiger partial charge in [0.05, 0.1) is 0 Å². The minimum absolute atomic E-state index is 0.000599. The molecule has 6 nitrogen and oxygen atoms in total. The SMILES string of the molecule is CCCn1c([C@@H]2CCN(C(=O)NCc3ccc(C)cc3)C2)nc2cccnc21. The molecule has 1 aromatic carbocycles. The van der Waals surface area contributed by atoms with Gasteiger partial charge < -0.3 is 14.8 Å². The van der Waals surface area contributed by atoms with Crippen molar-refractivity contribution in [3.63, 3.8) is 0 Å². The van der Waals surface area contributed by atoms with E-state index in [-0.39, 0.29) is 11.9 Å². The first-order chi connectivity index (χ1) is 13.7. The topological polar surface area (TPSA) is 63.1 Å². The molecule has 1 fully saturated rings. The van der Waals surface area contributed by atoms with Crippen LogP contribution in [0.15, 0.2) is 42.6 Å². The first-order valence-electron chi connectivity index (χ1n) is 10.0. The van der Waals surface area contributed by atoms with Crippen molar-refractivity contribution >= 4 is 17.2 Å². The third-order valence-electron chi connectivity index (χ3n) is 5.39. The molecule has 1 aliphatic heterocycles. The molecule has 2 amide bonds. The van der Waals surface area contributed by atoms with Crippen LogP contribution in [0.5, 0.6) is 0 Å². The van der Waals surface area contributed by atoms with E-state index in [0.29, 0.717) is 13.1 Å². The number of likely N-dealkylation sites (tertiary alicyclic amines) is 1. The lowest BCUT2D eigenvalue weighted by Gasteiger charge is -2.18. The Bertz CT molecular complexity index is 963. The van der Waals surface area contributed by atoms with Crippen molar-refractivity contribution in [2.75, 3.05) is 13.1 Å². The van der Waals surface area contributed by atoms with E-state index in [1.165, 1.54) is 5.56 Å². The highest BCUT2D eigenvalue weighted by Crippen LogP contribution is 2.29. The fraction of sp³-hybridized carbons (Fsp3) is 0.409. The van der Waals surface area contributed by atoms with Gasteiger partial charge >= 0.3 is 6.03 Å². The van der Waals surface area contributed by atoms with Gasteiger partial charge in [0.1, 0.15) is 11.3 Å². The second-order valence-electron chi connectivity index (χ2n) is 7.54. The molecular formula is C22H27N5O. The third kappa shape index (κ3) is 3.72. The van der Waals surface area contributed by atoms with Gasteiger partial charge in [0.15, 0.2) is 5.65 Å². The van der Waals surface area contributed by atoms with Crippen LogP contribution in [0.2, 0.25) is 0 Å². The van der Waals surface area contributed by atoms with E-state index in [1.54, 1.807) is 0 Å². The molecule has 0 radical (unpaired) electrons. The Kier molecular flexibility index (Phi) is 5.28. The van der Waals surface area contributed by atoms with Crippen molar-refractivity contribution in [3.8, 4) is 0 Å². The van der Waals surface area contributed by atoms with Crippen molar-refractivity contribution in [2.24, 2.45) is 0 Å². The predicted octanol–water partition coefficient (Wildman–Crippen LogP) is 3.85. The van der Waals surface area contributed by atoms with E-state index < -0.39 is 0 Å². The molecular weight excluding hydrogens is 350 g/mol.